The molecule has 1 atom stereocenters. The molecule has 4 N–H and O–H groups in total. The van der Waals surface area contributed by atoms with E-state index < -0.39 is 11.2 Å². The Morgan fingerprint density at radius 2 is 2.04 bits per heavy atom. The molecule has 1 aromatic heterocycles. The van der Waals surface area contributed by atoms with Gasteiger partial charge in [0.1, 0.15) is 11.5 Å². The van der Waals surface area contributed by atoms with Crippen molar-refractivity contribution in [2.75, 3.05) is 23.5 Å². The van der Waals surface area contributed by atoms with Crippen molar-refractivity contribution < 1.29 is 23.6 Å². The summed E-state index contributed by atoms with van der Waals surface area (Å²) < 4.78 is 10.0. The van der Waals surface area contributed by atoms with Crippen molar-refractivity contribution in [2.24, 2.45) is 5.73 Å². The average molecular weight is 392 g/mol. The summed E-state index contributed by atoms with van der Waals surface area (Å²) in [6, 6.07) is 6.08. The number of hydrogen-bond acceptors (Lipinski definition) is 7. The highest BCUT2D eigenvalue weighted by atomic mass is 32.2. The third kappa shape index (κ3) is 5.74. The van der Waals surface area contributed by atoms with Gasteiger partial charge in [0.05, 0.1) is 23.8 Å². The number of ether oxygens (including phenoxy) is 1. The second-order valence-electron chi connectivity index (χ2n) is 5.59. The molecule has 0 aliphatic heterocycles. The SMILES string of the molecule is COc1ccc(C(N)=O)cc1NC(=O)CSC(C)C(=O)Nc1cc(C)on1. The minimum Gasteiger partial charge on any atom is -0.495 e. The zero-order valence-electron chi connectivity index (χ0n) is 15.1. The van der Waals surface area contributed by atoms with Gasteiger partial charge in [0, 0.05) is 11.6 Å². The van der Waals surface area contributed by atoms with Crippen LogP contribution in [0.4, 0.5) is 11.5 Å². The van der Waals surface area contributed by atoms with Crippen molar-refractivity contribution in [1.29, 1.82) is 0 Å². The van der Waals surface area contributed by atoms with Crippen molar-refractivity contribution >= 4 is 41.0 Å². The number of amides is 3. The summed E-state index contributed by atoms with van der Waals surface area (Å²) in [5, 5.41) is 8.45. The molecule has 0 radical (unpaired) electrons. The first-order valence-corrected chi connectivity index (χ1v) is 8.98. The van der Waals surface area contributed by atoms with E-state index in [4.69, 9.17) is 15.0 Å². The van der Waals surface area contributed by atoms with Gasteiger partial charge in [-0.05, 0) is 32.0 Å². The summed E-state index contributed by atoms with van der Waals surface area (Å²) in [5.41, 5.74) is 5.82. The molecule has 3 amide bonds. The van der Waals surface area contributed by atoms with E-state index in [2.05, 4.69) is 15.8 Å². The molecule has 0 spiro atoms. The highest BCUT2D eigenvalue weighted by molar-refractivity contribution is 8.01. The summed E-state index contributed by atoms with van der Waals surface area (Å²) in [6.45, 7) is 3.39. The van der Waals surface area contributed by atoms with E-state index in [1.165, 1.54) is 19.2 Å². The van der Waals surface area contributed by atoms with Gasteiger partial charge in [-0.25, -0.2) is 0 Å². The number of hydrogen-bond donors (Lipinski definition) is 3. The van der Waals surface area contributed by atoms with Crippen molar-refractivity contribution in [2.45, 2.75) is 19.1 Å². The van der Waals surface area contributed by atoms with Gasteiger partial charge in [-0.3, -0.25) is 14.4 Å². The van der Waals surface area contributed by atoms with E-state index >= 15 is 0 Å². The largest absolute Gasteiger partial charge is 0.495 e. The minimum atomic E-state index is -0.615. The maximum absolute atomic E-state index is 12.2. The Bertz CT molecular complexity index is 852. The number of aromatic nitrogens is 1. The van der Waals surface area contributed by atoms with Crippen LogP contribution in [0, 0.1) is 6.92 Å². The number of thioether (sulfide) groups is 1. The molecule has 27 heavy (non-hydrogen) atoms. The molecular formula is C17H20N4O5S. The molecule has 0 bridgehead atoms. The van der Waals surface area contributed by atoms with Crippen LogP contribution in [0.5, 0.6) is 5.75 Å². The molecule has 10 heteroatoms. The number of nitrogens with one attached hydrogen (secondary N) is 2. The van der Waals surface area contributed by atoms with Gasteiger partial charge in [-0.15, -0.1) is 11.8 Å². The molecule has 1 heterocycles. The molecule has 2 aromatic rings. The Kier molecular flexibility index (Phi) is 6.83. The fourth-order valence-electron chi connectivity index (χ4n) is 2.07. The van der Waals surface area contributed by atoms with E-state index in [1.54, 1.807) is 26.0 Å². The lowest BCUT2D eigenvalue weighted by molar-refractivity contribution is -0.115. The zero-order valence-corrected chi connectivity index (χ0v) is 15.9. The highest BCUT2D eigenvalue weighted by Crippen LogP contribution is 2.26. The molecule has 9 nitrogen and oxygen atoms in total. The number of aryl methyl sites for hydroxylation is 1. The number of methoxy groups -OCH3 is 1. The molecule has 0 aliphatic carbocycles. The van der Waals surface area contributed by atoms with Crippen LogP contribution in [0.3, 0.4) is 0 Å². The number of nitrogens with zero attached hydrogens (tertiary/aromatic N) is 1. The summed E-state index contributed by atoms with van der Waals surface area (Å²) >= 11 is 1.15. The lowest BCUT2D eigenvalue weighted by Crippen LogP contribution is -2.25. The molecule has 144 valence electrons. The van der Waals surface area contributed by atoms with E-state index in [1.807, 2.05) is 0 Å². The number of anilines is 2. The third-order valence-corrected chi connectivity index (χ3v) is 4.61. The molecule has 0 saturated carbocycles. The molecule has 1 unspecified atom stereocenters. The lowest BCUT2D eigenvalue weighted by Gasteiger charge is -2.13. The van der Waals surface area contributed by atoms with Crippen LogP contribution in [0.25, 0.3) is 0 Å². The quantitative estimate of drug-likeness (QED) is 0.623. The third-order valence-electron chi connectivity index (χ3n) is 3.47. The monoisotopic (exact) mass is 392 g/mol. The Morgan fingerprint density at radius 1 is 1.30 bits per heavy atom. The van der Waals surface area contributed by atoms with Crippen LogP contribution in [0.2, 0.25) is 0 Å². The number of rotatable bonds is 8. The van der Waals surface area contributed by atoms with Gasteiger partial charge in [0.15, 0.2) is 5.82 Å². The molecule has 0 saturated heterocycles. The van der Waals surface area contributed by atoms with E-state index in [-0.39, 0.29) is 23.1 Å². The van der Waals surface area contributed by atoms with Crippen molar-refractivity contribution in [1.82, 2.24) is 5.16 Å². The van der Waals surface area contributed by atoms with Gasteiger partial charge in [0.2, 0.25) is 17.7 Å². The van der Waals surface area contributed by atoms with Crippen LogP contribution in [-0.2, 0) is 9.59 Å². The summed E-state index contributed by atoms with van der Waals surface area (Å²) in [6.07, 6.45) is 0. The molecule has 0 aliphatic rings. The van der Waals surface area contributed by atoms with Crippen molar-refractivity contribution in [3.63, 3.8) is 0 Å². The predicted octanol–water partition coefficient (Wildman–Crippen LogP) is 1.79. The first-order chi connectivity index (χ1) is 12.8. The first kappa shape index (κ1) is 20.3. The average Bonchev–Trinajstić information content (AvgIpc) is 3.04. The maximum atomic E-state index is 12.2. The minimum absolute atomic E-state index is 0.0242. The molecular weight excluding hydrogens is 372 g/mol. The van der Waals surface area contributed by atoms with Crippen molar-refractivity contribution in [3.05, 3.63) is 35.6 Å². The van der Waals surface area contributed by atoms with E-state index in [0.717, 1.165) is 11.8 Å². The molecule has 1 aromatic carbocycles. The predicted molar refractivity (Wildman–Crippen MR) is 102 cm³/mol. The number of carbonyl (C=O) groups is 3. The van der Waals surface area contributed by atoms with Crippen LogP contribution in [-0.4, -0.2) is 41.0 Å². The number of carbonyl (C=O) groups excluding carboxylic acids is 3. The van der Waals surface area contributed by atoms with Gasteiger partial charge < -0.3 is 25.6 Å². The first-order valence-electron chi connectivity index (χ1n) is 7.93. The van der Waals surface area contributed by atoms with Crippen LogP contribution in [0.1, 0.15) is 23.0 Å². The Morgan fingerprint density at radius 3 is 2.63 bits per heavy atom. The zero-order chi connectivity index (χ0) is 20.0. The van der Waals surface area contributed by atoms with Gasteiger partial charge >= 0.3 is 0 Å². The second kappa shape index (κ2) is 9.08. The van der Waals surface area contributed by atoms with Gasteiger partial charge in [0.25, 0.3) is 0 Å². The van der Waals surface area contributed by atoms with Crippen LogP contribution in [0.15, 0.2) is 28.8 Å². The topological polar surface area (TPSA) is 137 Å². The smallest absolute Gasteiger partial charge is 0.248 e. The Labute approximate surface area is 160 Å². The number of primary amides is 1. The summed E-state index contributed by atoms with van der Waals surface area (Å²) in [7, 11) is 1.45. The van der Waals surface area contributed by atoms with Crippen molar-refractivity contribution in [3.8, 4) is 5.75 Å². The number of benzene rings is 1. The van der Waals surface area contributed by atoms with E-state index in [0.29, 0.717) is 23.0 Å². The van der Waals surface area contributed by atoms with Gasteiger partial charge in [-0.2, -0.15) is 0 Å². The highest BCUT2D eigenvalue weighted by Gasteiger charge is 2.18. The maximum Gasteiger partial charge on any atom is 0.248 e. The Hall–Kier alpha value is -3.01. The molecule has 0 fully saturated rings. The molecule has 2 rings (SSSR count). The fourth-order valence-corrected chi connectivity index (χ4v) is 2.76. The van der Waals surface area contributed by atoms with E-state index in [9.17, 15) is 14.4 Å². The normalized spacial score (nSPS) is 11.5. The fraction of sp³-hybridized carbons (Fsp3) is 0.294. The second-order valence-corrected chi connectivity index (χ2v) is 6.92. The standard InChI is InChI=1S/C17H20N4O5S/c1-9-6-14(21-26-9)20-17(24)10(2)27-8-15(22)19-12-7-11(16(18)23)4-5-13(12)25-3/h4-7,10H,8H2,1-3H3,(H2,18,23)(H,19,22)(H,20,21,24). The lowest BCUT2D eigenvalue weighted by atomic mass is 10.1. The number of nitrogens with two attached hydrogens (primary N) is 1. The summed E-state index contributed by atoms with van der Waals surface area (Å²) in [4.78, 5) is 35.6. The van der Waals surface area contributed by atoms with Gasteiger partial charge in [-0.1, -0.05) is 5.16 Å². The van der Waals surface area contributed by atoms with Crippen LogP contribution < -0.4 is 21.1 Å². The van der Waals surface area contributed by atoms with Crippen LogP contribution >= 0.6 is 11.8 Å². The summed E-state index contributed by atoms with van der Waals surface area (Å²) in [5.74, 6) is 0.0587. The Balaban J connectivity index is 1.91.